The monoisotopic (exact) mass is 241 g/mol. The van der Waals surface area contributed by atoms with Crippen LogP contribution in [-0.2, 0) is 19.0 Å². The summed E-state index contributed by atoms with van der Waals surface area (Å²) in [6.45, 7) is 5.29. The molecule has 5 heteroatoms. The molecule has 0 aliphatic carbocycles. The molecule has 5 nitrogen and oxygen atoms in total. The van der Waals surface area contributed by atoms with Gasteiger partial charge in [0.1, 0.15) is 0 Å². The molecule has 0 spiro atoms. The Balaban J connectivity index is 1.63. The van der Waals surface area contributed by atoms with Crippen molar-refractivity contribution in [1.29, 1.82) is 0 Å². The Morgan fingerprint density at radius 1 is 1.53 bits per heavy atom. The number of hydrogen-bond donors (Lipinski definition) is 0. The molecule has 0 aromatic rings. The van der Waals surface area contributed by atoms with Crippen molar-refractivity contribution < 1.29 is 19.0 Å². The topological polar surface area (TPSA) is 57.1 Å². The summed E-state index contributed by atoms with van der Waals surface area (Å²) in [7, 11) is 0. The van der Waals surface area contributed by atoms with E-state index in [1.165, 1.54) is 6.08 Å². The van der Waals surface area contributed by atoms with Gasteiger partial charge in [-0.25, -0.2) is 9.79 Å². The lowest BCUT2D eigenvalue weighted by Gasteiger charge is -2.17. The van der Waals surface area contributed by atoms with Crippen LogP contribution in [-0.4, -0.2) is 51.3 Å². The van der Waals surface area contributed by atoms with Gasteiger partial charge in [-0.1, -0.05) is 6.92 Å². The number of rotatable bonds is 6. The van der Waals surface area contributed by atoms with Gasteiger partial charge in [-0.05, 0) is 12.3 Å². The Morgan fingerprint density at radius 2 is 2.41 bits per heavy atom. The normalized spacial score (nSPS) is 33.1. The van der Waals surface area contributed by atoms with Gasteiger partial charge < -0.3 is 14.2 Å². The van der Waals surface area contributed by atoms with Crippen LogP contribution in [0.4, 0.5) is 0 Å². The van der Waals surface area contributed by atoms with Crippen LogP contribution in [0.1, 0.15) is 13.3 Å². The minimum Gasteiger partial charge on any atom is -0.381 e. The summed E-state index contributed by atoms with van der Waals surface area (Å²) in [6.07, 6.45) is 3.04. The molecule has 0 aromatic heterocycles. The average molecular weight is 241 g/mol. The second kappa shape index (κ2) is 6.26. The lowest BCUT2D eigenvalue weighted by Crippen LogP contribution is -2.27. The van der Waals surface area contributed by atoms with Crippen LogP contribution in [0.25, 0.3) is 0 Å². The van der Waals surface area contributed by atoms with Crippen molar-refractivity contribution in [3.8, 4) is 0 Å². The summed E-state index contributed by atoms with van der Waals surface area (Å²) in [4.78, 5) is 13.5. The molecule has 2 rings (SSSR count). The maximum Gasteiger partial charge on any atom is 0.234 e. The maximum absolute atomic E-state index is 9.95. The SMILES string of the molecule is CC(CN=C=O)COCC1COC2CCOC12. The third-order valence-corrected chi connectivity index (χ3v) is 3.27. The van der Waals surface area contributed by atoms with E-state index < -0.39 is 0 Å². The number of ether oxygens (including phenoxy) is 3. The minimum absolute atomic E-state index is 0.221. The van der Waals surface area contributed by atoms with E-state index >= 15 is 0 Å². The molecule has 2 aliphatic rings. The third kappa shape index (κ3) is 3.36. The molecule has 0 radical (unpaired) electrons. The molecule has 4 unspecified atom stereocenters. The zero-order valence-electron chi connectivity index (χ0n) is 10.1. The zero-order valence-corrected chi connectivity index (χ0v) is 10.1. The fourth-order valence-corrected chi connectivity index (χ4v) is 2.36. The average Bonchev–Trinajstić information content (AvgIpc) is 2.90. The van der Waals surface area contributed by atoms with E-state index in [9.17, 15) is 4.79 Å². The van der Waals surface area contributed by atoms with Crippen molar-refractivity contribution in [3.63, 3.8) is 0 Å². The highest BCUT2D eigenvalue weighted by Crippen LogP contribution is 2.30. The first-order valence-corrected chi connectivity index (χ1v) is 6.16. The molecule has 2 heterocycles. The number of isocyanates is 1. The molecule has 0 saturated carbocycles. The van der Waals surface area contributed by atoms with E-state index in [0.29, 0.717) is 25.7 Å². The highest BCUT2D eigenvalue weighted by atomic mass is 16.6. The minimum atomic E-state index is 0.221. The van der Waals surface area contributed by atoms with Crippen LogP contribution in [0.15, 0.2) is 4.99 Å². The van der Waals surface area contributed by atoms with E-state index in [0.717, 1.165) is 19.6 Å². The largest absolute Gasteiger partial charge is 0.381 e. The Morgan fingerprint density at radius 3 is 3.24 bits per heavy atom. The Labute approximate surface area is 101 Å². The van der Waals surface area contributed by atoms with Crippen LogP contribution in [0.5, 0.6) is 0 Å². The summed E-state index contributed by atoms with van der Waals surface area (Å²) in [5, 5.41) is 0. The van der Waals surface area contributed by atoms with Crippen LogP contribution in [0.2, 0.25) is 0 Å². The van der Waals surface area contributed by atoms with Gasteiger partial charge in [-0.2, -0.15) is 0 Å². The molecule has 96 valence electrons. The van der Waals surface area contributed by atoms with E-state index in [4.69, 9.17) is 14.2 Å². The smallest absolute Gasteiger partial charge is 0.234 e. The van der Waals surface area contributed by atoms with Gasteiger partial charge >= 0.3 is 0 Å². The summed E-state index contributed by atoms with van der Waals surface area (Å²) in [5.74, 6) is 0.600. The molecular weight excluding hydrogens is 222 g/mol. The molecular formula is C12H19NO4. The van der Waals surface area contributed by atoms with Crippen molar-refractivity contribution >= 4 is 6.08 Å². The fourth-order valence-electron chi connectivity index (χ4n) is 2.36. The van der Waals surface area contributed by atoms with E-state index in [1.54, 1.807) is 0 Å². The zero-order chi connectivity index (χ0) is 12.1. The van der Waals surface area contributed by atoms with Crippen molar-refractivity contribution in [2.75, 3.05) is 33.0 Å². The molecule has 0 N–H and O–H groups in total. The summed E-state index contributed by atoms with van der Waals surface area (Å²) >= 11 is 0. The van der Waals surface area contributed by atoms with Gasteiger partial charge in [0, 0.05) is 12.5 Å². The van der Waals surface area contributed by atoms with Crippen molar-refractivity contribution in [2.45, 2.75) is 25.6 Å². The number of hydrogen-bond acceptors (Lipinski definition) is 5. The van der Waals surface area contributed by atoms with Crippen molar-refractivity contribution in [1.82, 2.24) is 0 Å². The summed E-state index contributed by atoms with van der Waals surface area (Å²) < 4.78 is 16.9. The molecule has 0 amide bonds. The van der Waals surface area contributed by atoms with E-state index in [-0.39, 0.29) is 18.1 Å². The molecule has 4 atom stereocenters. The van der Waals surface area contributed by atoms with Crippen molar-refractivity contribution in [3.05, 3.63) is 0 Å². The second-order valence-corrected chi connectivity index (χ2v) is 4.83. The van der Waals surface area contributed by atoms with Gasteiger partial charge in [-0.15, -0.1) is 0 Å². The Hall–Kier alpha value is -0.740. The van der Waals surface area contributed by atoms with Crippen LogP contribution in [0.3, 0.4) is 0 Å². The van der Waals surface area contributed by atoms with Crippen molar-refractivity contribution in [2.24, 2.45) is 16.8 Å². The van der Waals surface area contributed by atoms with Crippen LogP contribution in [0, 0.1) is 11.8 Å². The predicted molar refractivity (Wildman–Crippen MR) is 60.6 cm³/mol. The second-order valence-electron chi connectivity index (χ2n) is 4.83. The molecule has 17 heavy (non-hydrogen) atoms. The first-order chi connectivity index (χ1) is 8.31. The third-order valence-electron chi connectivity index (χ3n) is 3.27. The summed E-state index contributed by atoms with van der Waals surface area (Å²) in [5.41, 5.74) is 0. The number of aliphatic imine (C=N–C) groups is 1. The molecule has 0 aromatic carbocycles. The highest BCUT2D eigenvalue weighted by Gasteiger charge is 2.41. The highest BCUT2D eigenvalue weighted by molar-refractivity contribution is 5.32. The maximum atomic E-state index is 9.95. The fraction of sp³-hybridized carbons (Fsp3) is 0.917. The molecule has 2 saturated heterocycles. The van der Waals surface area contributed by atoms with Gasteiger partial charge in [0.25, 0.3) is 0 Å². The number of fused-ring (bicyclic) bond motifs is 1. The lowest BCUT2D eigenvalue weighted by atomic mass is 10.0. The van der Waals surface area contributed by atoms with E-state index in [1.807, 2.05) is 6.92 Å². The summed E-state index contributed by atoms with van der Waals surface area (Å²) in [6, 6.07) is 0. The quantitative estimate of drug-likeness (QED) is 0.509. The predicted octanol–water partition coefficient (Wildman–Crippen LogP) is 0.779. The number of carbonyl (C=O) groups excluding carboxylic acids is 1. The van der Waals surface area contributed by atoms with Gasteiger partial charge in [-0.3, -0.25) is 0 Å². The van der Waals surface area contributed by atoms with Gasteiger partial charge in [0.2, 0.25) is 6.08 Å². The van der Waals surface area contributed by atoms with Gasteiger partial charge in [0.05, 0.1) is 38.6 Å². The Bertz CT molecular complexity index is 290. The lowest BCUT2D eigenvalue weighted by molar-refractivity contribution is 0.0173. The van der Waals surface area contributed by atoms with Crippen LogP contribution < -0.4 is 0 Å². The number of nitrogens with zero attached hydrogens (tertiary/aromatic N) is 1. The molecule has 2 fully saturated rings. The van der Waals surface area contributed by atoms with Gasteiger partial charge in [0.15, 0.2) is 0 Å². The van der Waals surface area contributed by atoms with E-state index in [2.05, 4.69) is 4.99 Å². The standard InChI is InChI=1S/C12H19NO4/c1-9(4-13-8-14)5-15-6-10-7-17-11-2-3-16-12(10)11/h9-12H,2-7H2,1H3. The molecule has 2 aliphatic heterocycles. The first kappa shape index (κ1) is 12.7. The van der Waals surface area contributed by atoms with Crippen LogP contribution >= 0.6 is 0 Å². The first-order valence-electron chi connectivity index (χ1n) is 6.16. The molecule has 0 bridgehead atoms. The Kier molecular flexibility index (Phi) is 4.68.